The summed E-state index contributed by atoms with van der Waals surface area (Å²) in [6.07, 6.45) is 7.10. The van der Waals surface area contributed by atoms with Crippen molar-refractivity contribution < 1.29 is 28.2 Å². The Hall–Kier alpha value is -4.46. The number of pyridine rings is 2. The first-order valence-electron chi connectivity index (χ1n) is 14.3. The lowest BCUT2D eigenvalue weighted by Crippen LogP contribution is -2.45. The Kier molecular flexibility index (Phi) is 6.98. The van der Waals surface area contributed by atoms with Crippen molar-refractivity contribution in [1.82, 2.24) is 14.9 Å². The van der Waals surface area contributed by atoms with Crippen molar-refractivity contribution in [3.05, 3.63) is 59.9 Å². The van der Waals surface area contributed by atoms with Gasteiger partial charge in [0.05, 0.1) is 43.7 Å². The van der Waals surface area contributed by atoms with Crippen LogP contribution in [0.3, 0.4) is 0 Å². The van der Waals surface area contributed by atoms with Crippen LogP contribution in [0.1, 0.15) is 41.6 Å². The lowest BCUT2D eigenvalue weighted by Gasteiger charge is -2.32. The topological polar surface area (TPSA) is 120 Å². The van der Waals surface area contributed by atoms with Gasteiger partial charge in [-0.25, -0.2) is 4.98 Å². The van der Waals surface area contributed by atoms with Crippen LogP contribution in [-0.2, 0) is 9.47 Å². The van der Waals surface area contributed by atoms with Crippen LogP contribution < -0.4 is 9.47 Å². The number of nitrogens with zero attached hydrogens (tertiary/aromatic N) is 4. The normalized spacial score (nSPS) is 20.4. The van der Waals surface area contributed by atoms with Crippen LogP contribution >= 0.6 is 0 Å². The summed E-state index contributed by atoms with van der Waals surface area (Å²) in [5.74, 6) is 1.37. The highest BCUT2D eigenvalue weighted by Gasteiger charge is 2.36. The minimum absolute atomic E-state index is 0.0325. The molecule has 3 fully saturated rings. The third-order valence-electron chi connectivity index (χ3n) is 8.17. The molecule has 2 bridgehead atoms. The third kappa shape index (κ3) is 4.95. The summed E-state index contributed by atoms with van der Waals surface area (Å²) in [5, 5.41) is 9.87. The Morgan fingerprint density at radius 2 is 1.83 bits per heavy atom. The van der Waals surface area contributed by atoms with Gasteiger partial charge in [-0.3, -0.25) is 9.78 Å². The maximum absolute atomic E-state index is 13.3. The van der Waals surface area contributed by atoms with Crippen LogP contribution in [0.5, 0.6) is 11.5 Å². The van der Waals surface area contributed by atoms with Crippen LogP contribution in [0.15, 0.2) is 53.2 Å². The van der Waals surface area contributed by atoms with Gasteiger partial charge in [0.2, 0.25) is 0 Å². The third-order valence-corrected chi connectivity index (χ3v) is 8.17. The van der Waals surface area contributed by atoms with E-state index in [1.165, 1.54) is 0 Å². The van der Waals surface area contributed by atoms with Crippen LogP contribution in [0.4, 0.5) is 0 Å². The van der Waals surface area contributed by atoms with E-state index in [0.717, 1.165) is 36.8 Å². The molecule has 7 rings (SSSR count). The number of rotatable bonds is 6. The molecule has 3 aliphatic rings. The van der Waals surface area contributed by atoms with Gasteiger partial charge in [0.15, 0.2) is 11.3 Å². The average Bonchev–Trinajstić information content (AvgIpc) is 3.63. The predicted octanol–water partition coefficient (Wildman–Crippen LogP) is 5.00. The number of likely N-dealkylation sites (tertiary alicyclic amines) is 1. The van der Waals surface area contributed by atoms with Crippen LogP contribution in [0.2, 0.25) is 0 Å². The summed E-state index contributed by atoms with van der Waals surface area (Å²) in [5.41, 5.74) is 4.16. The standard InChI is InChI=1S/C32H30N4O6/c1-38-28-13-21(32(37)36-17-23-3-4-24(18-36)40-23)16-35-30(28)29-14-26-31(42-29)25(6-9-34-26)19-2-5-27(20(12-19)15-33)41-22-7-10-39-11-8-22/h2,5-6,9,12-14,16,22-24H,3-4,7-8,10-11,17-18H2,1H3. The van der Waals surface area contributed by atoms with E-state index in [-0.39, 0.29) is 24.2 Å². The lowest BCUT2D eigenvalue weighted by molar-refractivity contribution is -0.0303. The molecule has 10 heteroatoms. The minimum Gasteiger partial charge on any atom is -0.494 e. The van der Waals surface area contributed by atoms with Gasteiger partial charge in [-0.05, 0) is 42.7 Å². The number of hydrogen-bond donors (Lipinski definition) is 0. The molecule has 214 valence electrons. The van der Waals surface area contributed by atoms with Crippen LogP contribution in [0, 0.1) is 11.3 Å². The number of furan rings is 1. The second-order valence-corrected chi connectivity index (χ2v) is 10.9. The largest absolute Gasteiger partial charge is 0.494 e. The smallest absolute Gasteiger partial charge is 0.255 e. The molecule has 2 atom stereocenters. The SMILES string of the molecule is COc1cc(C(=O)N2CC3CCC(C2)O3)cnc1-c1cc2nccc(-c3ccc(OC4CCOCC4)c(C#N)c3)c2o1. The molecule has 0 N–H and O–H groups in total. The maximum Gasteiger partial charge on any atom is 0.255 e. The molecule has 42 heavy (non-hydrogen) atoms. The molecular formula is C32H30N4O6. The summed E-state index contributed by atoms with van der Waals surface area (Å²) in [7, 11) is 1.55. The molecule has 2 unspecified atom stereocenters. The summed E-state index contributed by atoms with van der Waals surface area (Å²) in [6, 6.07) is 13.2. The molecule has 0 spiro atoms. The molecule has 0 saturated carbocycles. The fourth-order valence-electron chi connectivity index (χ4n) is 6.01. The molecule has 4 aromatic rings. The fourth-order valence-corrected chi connectivity index (χ4v) is 6.01. The zero-order valence-corrected chi connectivity index (χ0v) is 23.2. The van der Waals surface area contributed by atoms with Gasteiger partial charge in [-0.2, -0.15) is 5.26 Å². The van der Waals surface area contributed by atoms with E-state index < -0.39 is 0 Å². The number of aromatic nitrogens is 2. The molecule has 0 aliphatic carbocycles. The van der Waals surface area contributed by atoms with Crippen molar-refractivity contribution >= 4 is 17.0 Å². The van der Waals surface area contributed by atoms with Crippen molar-refractivity contribution in [2.75, 3.05) is 33.4 Å². The molecule has 10 nitrogen and oxygen atoms in total. The zero-order valence-electron chi connectivity index (χ0n) is 23.2. The second kappa shape index (κ2) is 11.1. The van der Waals surface area contributed by atoms with Gasteiger partial charge in [0, 0.05) is 50.0 Å². The summed E-state index contributed by atoms with van der Waals surface area (Å²) in [6.45, 7) is 2.50. The lowest BCUT2D eigenvalue weighted by atomic mass is 10.0. The highest BCUT2D eigenvalue weighted by Crippen LogP contribution is 2.38. The van der Waals surface area contributed by atoms with E-state index in [1.807, 2.05) is 29.2 Å². The van der Waals surface area contributed by atoms with Crippen molar-refractivity contribution in [2.45, 2.75) is 44.0 Å². The Morgan fingerprint density at radius 3 is 2.60 bits per heavy atom. The molecular weight excluding hydrogens is 536 g/mol. The number of carbonyl (C=O) groups excluding carboxylic acids is 1. The number of methoxy groups -OCH3 is 1. The minimum atomic E-state index is -0.0846. The fraction of sp³-hybridized carbons (Fsp3) is 0.375. The molecule has 6 heterocycles. The van der Waals surface area contributed by atoms with Crippen molar-refractivity contribution in [3.63, 3.8) is 0 Å². The zero-order chi connectivity index (χ0) is 28.6. The molecule has 0 radical (unpaired) electrons. The Morgan fingerprint density at radius 1 is 1.02 bits per heavy atom. The number of ether oxygens (including phenoxy) is 4. The number of fused-ring (bicyclic) bond motifs is 3. The summed E-state index contributed by atoms with van der Waals surface area (Å²) < 4.78 is 29.4. The molecule has 3 aliphatic heterocycles. The first kappa shape index (κ1) is 26.4. The number of hydrogen-bond acceptors (Lipinski definition) is 9. The van der Waals surface area contributed by atoms with Gasteiger partial charge < -0.3 is 28.3 Å². The number of carbonyl (C=O) groups is 1. The van der Waals surface area contributed by atoms with Gasteiger partial charge >= 0.3 is 0 Å². The first-order chi connectivity index (χ1) is 20.6. The molecule has 3 aromatic heterocycles. The van der Waals surface area contributed by atoms with Gasteiger partial charge in [-0.15, -0.1) is 0 Å². The first-order valence-corrected chi connectivity index (χ1v) is 14.3. The predicted molar refractivity (Wildman–Crippen MR) is 152 cm³/mol. The van der Waals surface area contributed by atoms with Crippen LogP contribution in [0.25, 0.3) is 33.7 Å². The number of benzene rings is 1. The maximum atomic E-state index is 13.3. The number of morpholine rings is 1. The highest BCUT2D eigenvalue weighted by molar-refractivity contribution is 5.96. The second-order valence-electron chi connectivity index (χ2n) is 10.9. The average molecular weight is 567 g/mol. The Labute approximate surface area is 242 Å². The van der Waals surface area contributed by atoms with Gasteiger partial charge in [-0.1, -0.05) is 6.07 Å². The monoisotopic (exact) mass is 566 g/mol. The molecule has 1 amide bonds. The summed E-state index contributed by atoms with van der Waals surface area (Å²) in [4.78, 5) is 24.2. The van der Waals surface area contributed by atoms with Crippen molar-refractivity contribution in [1.29, 1.82) is 5.26 Å². The van der Waals surface area contributed by atoms with E-state index in [2.05, 4.69) is 16.0 Å². The van der Waals surface area contributed by atoms with E-state index in [0.29, 0.717) is 71.5 Å². The van der Waals surface area contributed by atoms with Crippen molar-refractivity contribution in [3.8, 4) is 40.1 Å². The molecule has 3 saturated heterocycles. The Balaban J connectivity index is 1.18. The quantitative estimate of drug-likeness (QED) is 0.318. The summed E-state index contributed by atoms with van der Waals surface area (Å²) >= 11 is 0. The van der Waals surface area contributed by atoms with Gasteiger partial charge in [0.1, 0.15) is 34.9 Å². The van der Waals surface area contributed by atoms with Crippen molar-refractivity contribution in [2.24, 2.45) is 0 Å². The van der Waals surface area contributed by atoms with E-state index in [4.69, 9.17) is 23.4 Å². The highest BCUT2D eigenvalue weighted by atomic mass is 16.5. The van der Waals surface area contributed by atoms with E-state index in [1.54, 1.807) is 31.6 Å². The van der Waals surface area contributed by atoms with E-state index in [9.17, 15) is 10.1 Å². The van der Waals surface area contributed by atoms with Gasteiger partial charge in [0.25, 0.3) is 5.91 Å². The number of amides is 1. The Bertz CT molecular complexity index is 1680. The van der Waals surface area contributed by atoms with E-state index >= 15 is 0 Å². The van der Waals surface area contributed by atoms with Crippen LogP contribution in [-0.4, -0.2) is 72.5 Å². The number of nitriles is 1. The molecule has 1 aromatic carbocycles.